The van der Waals surface area contributed by atoms with E-state index in [1.165, 1.54) is 12.3 Å². The number of phenolic OH excluding ortho intramolecular Hbond substituents is 1. The van der Waals surface area contributed by atoms with Gasteiger partial charge in [-0.15, -0.1) is 0 Å². The molecule has 2 N–H and O–H groups in total. The van der Waals surface area contributed by atoms with Crippen molar-refractivity contribution in [2.75, 3.05) is 6.61 Å². The van der Waals surface area contributed by atoms with Crippen LogP contribution in [-0.2, 0) is 5.41 Å². The molecule has 0 saturated heterocycles. The molecule has 0 saturated carbocycles. The second-order valence-corrected chi connectivity index (χ2v) is 6.68. The molecule has 0 fully saturated rings. The third-order valence-corrected chi connectivity index (χ3v) is 3.70. The van der Waals surface area contributed by atoms with Gasteiger partial charge < -0.3 is 9.84 Å². The first kappa shape index (κ1) is 18.5. The highest BCUT2D eigenvalue weighted by Gasteiger charge is 2.14. The number of hydrogen-bond acceptors (Lipinski definition) is 4. The van der Waals surface area contributed by atoms with Crippen LogP contribution in [0.15, 0.2) is 47.6 Å². The predicted molar refractivity (Wildman–Crippen MR) is 99.5 cm³/mol. The lowest BCUT2D eigenvalue weighted by Gasteiger charge is -2.18. The molecule has 2 rings (SSSR count). The van der Waals surface area contributed by atoms with Crippen molar-refractivity contribution in [1.29, 1.82) is 0 Å². The number of amides is 1. The molecule has 0 aromatic heterocycles. The fraction of sp³-hybridized carbons (Fsp3) is 0.300. The predicted octanol–water partition coefficient (Wildman–Crippen LogP) is 3.85. The van der Waals surface area contributed by atoms with Gasteiger partial charge in [0.2, 0.25) is 0 Å². The number of nitrogens with one attached hydrogen (secondary N) is 1. The Morgan fingerprint density at radius 2 is 1.88 bits per heavy atom. The number of aromatic hydroxyl groups is 1. The van der Waals surface area contributed by atoms with Crippen molar-refractivity contribution in [3.8, 4) is 11.5 Å². The average Bonchev–Trinajstić information content (AvgIpc) is 2.56. The lowest BCUT2D eigenvalue weighted by molar-refractivity contribution is 0.0955. The lowest BCUT2D eigenvalue weighted by atomic mass is 9.87. The minimum absolute atomic E-state index is 0.0400. The summed E-state index contributed by atoms with van der Waals surface area (Å²) in [4.78, 5) is 12.1. The maximum atomic E-state index is 12.1. The lowest BCUT2D eigenvalue weighted by Crippen LogP contribution is -2.18. The second-order valence-electron chi connectivity index (χ2n) is 6.68. The molecule has 5 heteroatoms. The number of carbonyl (C=O) groups excluding carboxylic acids is 1. The molecule has 0 unspecified atom stereocenters. The topological polar surface area (TPSA) is 70.9 Å². The van der Waals surface area contributed by atoms with Crippen molar-refractivity contribution in [1.82, 2.24) is 5.43 Å². The van der Waals surface area contributed by atoms with Crippen LogP contribution in [0.5, 0.6) is 11.5 Å². The fourth-order valence-corrected chi connectivity index (χ4v) is 2.24. The van der Waals surface area contributed by atoms with E-state index in [1.54, 1.807) is 24.3 Å². The number of nitrogens with zero attached hydrogens (tertiary/aromatic N) is 1. The first-order valence-electron chi connectivity index (χ1n) is 8.21. The molecule has 2 aromatic rings. The molecule has 0 aliphatic carbocycles. The molecular weight excluding hydrogens is 316 g/mol. The monoisotopic (exact) mass is 340 g/mol. The maximum absolute atomic E-state index is 12.1. The molecule has 0 spiro atoms. The van der Waals surface area contributed by atoms with Gasteiger partial charge >= 0.3 is 0 Å². The minimum Gasteiger partial charge on any atom is -0.507 e. The third-order valence-electron chi connectivity index (χ3n) is 3.70. The summed E-state index contributed by atoms with van der Waals surface area (Å²) in [5, 5.41) is 13.8. The quantitative estimate of drug-likeness (QED) is 0.641. The Morgan fingerprint density at radius 1 is 1.20 bits per heavy atom. The molecule has 0 atom stereocenters. The van der Waals surface area contributed by atoms with Crippen molar-refractivity contribution in [2.45, 2.75) is 33.1 Å². The molecule has 132 valence electrons. The molecular formula is C20H24N2O3. The summed E-state index contributed by atoms with van der Waals surface area (Å²) in [7, 11) is 0. The van der Waals surface area contributed by atoms with E-state index >= 15 is 0 Å². The normalized spacial score (nSPS) is 11.5. The Kier molecular flexibility index (Phi) is 5.80. The minimum atomic E-state index is -0.304. The molecule has 0 aliphatic rings. The van der Waals surface area contributed by atoms with Gasteiger partial charge in [-0.3, -0.25) is 4.79 Å². The Hall–Kier alpha value is -2.82. The van der Waals surface area contributed by atoms with E-state index in [-0.39, 0.29) is 17.1 Å². The van der Waals surface area contributed by atoms with Crippen LogP contribution in [-0.4, -0.2) is 23.8 Å². The zero-order valence-corrected chi connectivity index (χ0v) is 15.0. The van der Waals surface area contributed by atoms with Gasteiger partial charge in [-0.25, -0.2) is 5.43 Å². The van der Waals surface area contributed by atoms with Crippen molar-refractivity contribution < 1.29 is 14.6 Å². The molecule has 0 heterocycles. The van der Waals surface area contributed by atoms with Crippen LogP contribution in [0.1, 0.15) is 49.2 Å². The summed E-state index contributed by atoms with van der Waals surface area (Å²) in [5.41, 5.74) is 4.68. The summed E-state index contributed by atoms with van der Waals surface area (Å²) in [6.07, 6.45) is 1.40. The van der Waals surface area contributed by atoms with E-state index in [0.29, 0.717) is 23.5 Å². The number of phenols is 1. The van der Waals surface area contributed by atoms with E-state index in [2.05, 4.69) is 31.3 Å². The molecule has 0 radical (unpaired) electrons. The summed E-state index contributed by atoms with van der Waals surface area (Å²) >= 11 is 0. The SMILES string of the molecule is CCOc1ccc(/C=N/NC(=O)c2ccc(C(C)(C)C)cc2)c(O)c1. The number of benzene rings is 2. The second kappa shape index (κ2) is 7.83. The first-order chi connectivity index (χ1) is 11.8. The van der Waals surface area contributed by atoms with Gasteiger partial charge in [-0.2, -0.15) is 5.10 Å². The molecule has 0 aliphatic heterocycles. The Morgan fingerprint density at radius 3 is 2.44 bits per heavy atom. The first-order valence-corrected chi connectivity index (χ1v) is 8.21. The molecule has 1 amide bonds. The van der Waals surface area contributed by atoms with E-state index < -0.39 is 0 Å². The van der Waals surface area contributed by atoms with Crippen molar-refractivity contribution in [3.63, 3.8) is 0 Å². The average molecular weight is 340 g/mol. The van der Waals surface area contributed by atoms with Crippen LogP contribution >= 0.6 is 0 Å². The van der Waals surface area contributed by atoms with E-state index in [9.17, 15) is 9.90 Å². The van der Waals surface area contributed by atoms with Crippen LogP contribution in [0.2, 0.25) is 0 Å². The van der Waals surface area contributed by atoms with Gasteiger partial charge in [0.05, 0.1) is 12.8 Å². The molecule has 0 bridgehead atoms. The van der Waals surface area contributed by atoms with Crippen LogP contribution in [0.25, 0.3) is 0 Å². The van der Waals surface area contributed by atoms with E-state index in [0.717, 1.165) is 5.56 Å². The van der Waals surface area contributed by atoms with Crippen molar-refractivity contribution in [2.24, 2.45) is 5.10 Å². The van der Waals surface area contributed by atoms with Crippen LogP contribution < -0.4 is 10.2 Å². The Bertz CT molecular complexity index is 760. The number of hydrazone groups is 1. The standard InChI is InChI=1S/C20H24N2O3/c1-5-25-17-11-8-15(18(23)12-17)13-21-22-19(24)14-6-9-16(10-7-14)20(2,3)4/h6-13,23H,5H2,1-4H3,(H,22,24)/b21-13+. The number of hydrogen-bond donors (Lipinski definition) is 2. The van der Waals surface area contributed by atoms with E-state index in [1.807, 2.05) is 19.1 Å². The smallest absolute Gasteiger partial charge is 0.271 e. The van der Waals surface area contributed by atoms with Crippen LogP contribution in [0, 0.1) is 0 Å². The highest BCUT2D eigenvalue weighted by atomic mass is 16.5. The number of ether oxygens (including phenoxy) is 1. The summed E-state index contributed by atoms with van der Waals surface area (Å²) in [6, 6.07) is 12.4. The van der Waals surface area contributed by atoms with Gasteiger partial charge in [-0.05, 0) is 42.2 Å². The highest BCUT2D eigenvalue weighted by Crippen LogP contribution is 2.23. The van der Waals surface area contributed by atoms with E-state index in [4.69, 9.17) is 4.74 Å². The third kappa shape index (κ3) is 5.08. The largest absolute Gasteiger partial charge is 0.507 e. The number of carbonyl (C=O) groups is 1. The van der Waals surface area contributed by atoms with Crippen LogP contribution in [0.4, 0.5) is 0 Å². The van der Waals surface area contributed by atoms with Crippen molar-refractivity contribution in [3.05, 3.63) is 59.2 Å². The zero-order valence-electron chi connectivity index (χ0n) is 15.0. The maximum Gasteiger partial charge on any atom is 0.271 e. The summed E-state index contributed by atoms with van der Waals surface area (Å²) in [6.45, 7) is 8.76. The van der Waals surface area contributed by atoms with Gasteiger partial charge in [0.1, 0.15) is 11.5 Å². The zero-order chi connectivity index (χ0) is 18.4. The highest BCUT2D eigenvalue weighted by molar-refractivity contribution is 5.95. The fourth-order valence-electron chi connectivity index (χ4n) is 2.24. The van der Waals surface area contributed by atoms with Crippen molar-refractivity contribution >= 4 is 12.1 Å². The van der Waals surface area contributed by atoms with Gasteiger partial charge in [-0.1, -0.05) is 32.9 Å². The molecule has 2 aromatic carbocycles. The Balaban J connectivity index is 2.01. The molecule has 5 nitrogen and oxygen atoms in total. The van der Waals surface area contributed by atoms with Gasteiger partial charge in [0, 0.05) is 17.2 Å². The Labute approximate surface area is 148 Å². The van der Waals surface area contributed by atoms with Gasteiger partial charge in [0.15, 0.2) is 0 Å². The summed E-state index contributed by atoms with van der Waals surface area (Å²) < 4.78 is 5.30. The van der Waals surface area contributed by atoms with Gasteiger partial charge in [0.25, 0.3) is 5.91 Å². The van der Waals surface area contributed by atoms with Crippen LogP contribution in [0.3, 0.4) is 0 Å². The summed E-state index contributed by atoms with van der Waals surface area (Å²) in [5.74, 6) is 0.320. The number of rotatable bonds is 5. The molecule has 25 heavy (non-hydrogen) atoms.